The lowest BCUT2D eigenvalue weighted by Gasteiger charge is -2.06. The van der Waals surface area contributed by atoms with Crippen molar-refractivity contribution >= 4 is 24.0 Å². The van der Waals surface area contributed by atoms with Gasteiger partial charge in [-0.25, -0.2) is 0 Å². The number of hydrogen-bond acceptors (Lipinski definition) is 1. The molecule has 1 aliphatic rings. The average molecular weight is 218 g/mol. The first-order chi connectivity index (χ1) is 5.88. The van der Waals surface area contributed by atoms with Crippen LogP contribution in [-0.4, -0.2) is 6.54 Å². The summed E-state index contributed by atoms with van der Waals surface area (Å²) < 4.78 is 0. The number of halogens is 2. The summed E-state index contributed by atoms with van der Waals surface area (Å²) >= 11 is 6.09. The van der Waals surface area contributed by atoms with Gasteiger partial charge in [0.1, 0.15) is 0 Å². The molecule has 0 unspecified atom stereocenters. The fraction of sp³-hybridized carbons (Fsp3) is 0.400. The summed E-state index contributed by atoms with van der Waals surface area (Å²) in [5, 5.41) is 4.30. The molecule has 0 radical (unpaired) electrons. The van der Waals surface area contributed by atoms with Crippen LogP contribution in [0, 0.1) is 0 Å². The summed E-state index contributed by atoms with van der Waals surface area (Å²) in [6.45, 7) is 2.07. The van der Waals surface area contributed by atoms with Crippen LogP contribution in [0.5, 0.6) is 0 Å². The molecule has 0 saturated heterocycles. The van der Waals surface area contributed by atoms with E-state index >= 15 is 0 Å². The number of hydrogen-bond donors (Lipinski definition) is 1. The third-order valence-electron chi connectivity index (χ3n) is 2.31. The molecule has 0 fully saturated rings. The van der Waals surface area contributed by atoms with Crippen LogP contribution >= 0.6 is 24.0 Å². The molecule has 1 nitrogen and oxygen atoms in total. The minimum absolute atomic E-state index is 0. The van der Waals surface area contributed by atoms with Gasteiger partial charge in [-0.05, 0) is 36.6 Å². The van der Waals surface area contributed by atoms with E-state index in [4.69, 9.17) is 11.6 Å². The molecule has 1 heterocycles. The molecule has 3 heteroatoms. The van der Waals surface area contributed by atoms with E-state index in [1.807, 2.05) is 12.1 Å². The molecule has 13 heavy (non-hydrogen) atoms. The molecular weight excluding hydrogens is 205 g/mol. The van der Waals surface area contributed by atoms with Crippen LogP contribution in [0.1, 0.15) is 17.5 Å². The van der Waals surface area contributed by atoms with E-state index < -0.39 is 0 Å². The molecule has 72 valence electrons. The van der Waals surface area contributed by atoms with Crippen LogP contribution in [0.25, 0.3) is 0 Å². The van der Waals surface area contributed by atoms with Gasteiger partial charge in [0.05, 0.1) is 0 Å². The maximum absolute atomic E-state index is 6.09. The maximum atomic E-state index is 6.09. The second-order valence-corrected chi connectivity index (χ2v) is 3.57. The lowest BCUT2D eigenvalue weighted by Crippen LogP contribution is -2.11. The fourth-order valence-electron chi connectivity index (χ4n) is 1.66. The zero-order valence-electron chi connectivity index (χ0n) is 7.35. The van der Waals surface area contributed by atoms with E-state index in [9.17, 15) is 0 Å². The molecular formula is C10H13Cl2N. The summed E-state index contributed by atoms with van der Waals surface area (Å²) in [4.78, 5) is 0. The molecule has 1 aromatic carbocycles. The van der Waals surface area contributed by atoms with E-state index in [0.717, 1.165) is 24.5 Å². The second-order valence-electron chi connectivity index (χ2n) is 3.16. The van der Waals surface area contributed by atoms with Gasteiger partial charge >= 0.3 is 0 Å². The molecule has 0 aliphatic carbocycles. The van der Waals surface area contributed by atoms with E-state index in [2.05, 4.69) is 11.4 Å². The number of rotatable bonds is 0. The molecule has 0 bridgehead atoms. The topological polar surface area (TPSA) is 12.0 Å². The normalized spacial score (nSPS) is 15.5. The average Bonchev–Trinajstić information content (AvgIpc) is 2.30. The van der Waals surface area contributed by atoms with E-state index in [-0.39, 0.29) is 12.4 Å². The highest BCUT2D eigenvalue weighted by molar-refractivity contribution is 6.31. The van der Waals surface area contributed by atoms with Gasteiger partial charge in [-0.2, -0.15) is 0 Å². The molecule has 0 spiro atoms. The predicted octanol–water partition coefficient (Wildman–Crippen LogP) is 2.80. The van der Waals surface area contributed by atoms with Crippen molar-refractivity contribution in [1.29, 1.82) is 0 Å². The SMILES string of the molecule is Cl.Clc1cccc2c1CCCNC2. The Morgan fingerprint density at radius 1 is 1.31 bits per heavy atom. The zero-order valence-corrected chi connectivity index (χ0v) is 8.92. The third-order valence-corrected chi connectivity index (χ3v) is 2.67. The van der Waals surface area contributed by atoms with E-state index in [1.54, 1.807) is 0 Å². The fourth-order valence-corrected chi connectivity index (χ4v) is 1.95. The molecule has 2 rings (SSSR count). The standard InChI is InChI=1S/C10H12ClN.ClH/c11-10-5-1-3-8-7-12-6-2-4-9(8)10;/h1,3,5,12H,2,4,6-7H2;1H. The van der Waals surface area contributed by atoms with Gasteiger partial charge in [0.25, 0.3) is 0 Å². The van der Waals surface area contributed by atoms with Gasteiger partial charge in [-0.15, -0.1) is 12.4 Å². The highest BCUT2D eigenvalue weighted by atomic mass is 35.5. The highest BCUT2D eigenvalue weighted by Crippen LogP contribution is 2.22. The summed E-state index contributed by atoms with van der Waals surface area (Å²) in [6, 6.07) is 6.15. The third kappa shape index (κ3) is 2.37. The summed E-state index contributed by atoms with van der Waals surface area (Å²) in [7, 11) is 0. The van der Waals surface area contributed by atoms with Gasteiger partial charge < -0.3 is 5.32 Å². The predicted molar refractivity (Wildman–Crippen MR) is 58.7 cm³/mol. The van der Waals surface area contributed by atoms with Gasteiger partial charge in [-0.1, -0.05) is 23.7 Å². The Morgan fingerprint density at radius 2 is 2.15 bits per heavy atom. The lowest BCUT2D eigenvalue weighted by molar-refractivity contribution is 0.681. The molecule has 1 aliphatic heterocycles. The smallest absolute Gasteiger partial charge is 0.0441 e. The van der Waals surface area contributed by atoms with E-state index in [0.29, 0.717) is 0 Å². The monoisotopic (exact) mass is 217 g/mol. The maximum Gasteiger partial charge on any atom is 0.0441 e. The molecule has 0 atom stereocenters. The Hall–Kier alpha value is -0.240. The molecule has 0 amide bonds. The van der Waals surface area contributed by atoms with Crippen molar-refractivity contribution in [2.45, 2.75) is 19.4 Å². The van der Waals surface area contributed by atoms with Gasteiger partial charge in [0.2, 0.25) is 0 Å². The second kappa shape index (κ2) is 4.85. The first-order valence-corrected chi connectivity index (χ1v) is 4.73. The van der Waals surface area contributed by atoms with Crippen molar-refractivity contribution in [3.05, 3.63) is 34.3 Å². The van der Waals surface area contributed by atoms with Crippen LogP contribution in [0.15, 0.2) is 18.2 Å². The van der Waals surface area contributed by atoms with Crippen molar-refractivity contribution in [3.63, 3.8) is 0 Å². The largest absolute Gasteiger partial charge is 0.313 e. The van der Waals surface area contributed by atoms with Crippen molar-refractivity contribution in [2.75, 3.05) is 6.54 Å². The lowest BCUT2D eigenvalue weighted by atomic mass is 10.0. The zero-order chi connectivity index (χ0) is 8.39. The van der Waals surface area contributed by atoms with E-state index in [1.165, 1.54) is 17.5 Å². The first-order valence-electron chi connectivity index (χ1n) is 4.35. The molecule has 1 N–H and O–H groups in total. The Morgan fingerprint density at radius 3 is 3.00 bits per heavy atom. The quantitative estimate of drug-likeness (QED) is 0.706. The highest BCUT2D eigenvalue weighted by Gasteiger charge is 2.09. The summed E-state index contributed by atoms with van der Waals surface area (Å²) in [5.74, 6) is 0. The molecule has 0 saturated carbocycles. The van der Waals surface area contributed by atoms with Gasteiger partial charge in [0, 0.05) is 11.6 Å². The van der Waals surface area contributed by atoms with Crippen molar-refractivity contribution < 1.29 is 0 Å². The Balaban J connectivity index is 0.000000845. The van der Waals surface area contributed by atoms with Crippen LogP contribution in [0.3, 0.4) is 0 Å². The first kappa shape index (κ1) is 10.8. The van der Waals surface area contributed by atoms with Crippen molar-refractivity contribution in [1.82, 2.24) is 5.32 Å². The van der Waals surface area contributed by atoms with Crippen molar-refractivity contribution in [2.24, 2.45) is 0 Å². The Kier molecular flexibility index (Phi) is 4.04. The van der Waals surface area contributed by atoms with Gasteiger partial charge in [0.15, 0.2) is 0 Å². The number of fused-ring (bicyclic) bond motifs is 1. The minimum atomic E-state index is 0. The number of benzene rings is 1. The number of nitrogens with one attached hydrogen (secondary N) is 1. The molecule has 1 aromatic rings. The summed E-state index contributed by atoms with van der Waals surface area (Å²) in [5.41, 5.74) is 2.70. The summed E-state index contributed by atoms with van der Waals surface area (Å²) in [6.07, 6.45) is 2.30. The van der Waals surface area contributed by atoms with Crippen molar-refractivity contribution in [3.8, 4) is 0 Å². The van der Waals surface area contributed by atoms with Gasteiger partial charge in [-0.3, -0.25) is 0 Å². The Bertz CT molecular complexity index is 286. The van der Waals surface area contributed by atoms with Crippen LogP contribution in [0.4, 0.5) is 0 Å². The van der Waals surface area contributed by atoms with Crippen LogP contribution < -0.4 is 5.32 Å². The van der Waals surface area contributed by atoms with Crippen LogP contribution in [-0.2, 0) is 13.0 Å². The Labute approximate surface area is 89.9 Å². The minimum Gasteiger partial charge on any atom is -0.313 e. The van der Waals surface area contributed by atoms with Crippen LogP contribution in [0.2, 0.25) is 5.02 Å². The molecule has 0 aromatic heterocycles.